The third-order valence-corrected chi connectivity index (χ3v) is 4.43. The van der Waals surface area contributed by atoms with Gasteiger partial charge in [-0.05, 0) is 42.3 Å². The number of hydrogen-bond acceptors (Lipinski definition) is 2. The van der Waals surface area contributed by atoms with Crippen LogP contribution in [0.1, 0.15) is 22.7 Å². The van der Waals surface area contributed by atoms with E-state index in [0.717, 1.165) is 25.8 Å². The zero-order valence-electron chi connectivity index (χ0n) is 10.8. The highest BCUT2D eigenvalue weighted by atomic mass is 79.9. The fourth-order valence-electron chi connectivity index (χ4n) is 1.93. The molecule has 0 saturated carbocycles. The molecule has 1 atom stereocenters. The van der Waals surface area contributed by atoms with Crippen LogP contribution < -0.4 is 10.5 Å². The predicted molar refractivity (Wildman–Crippen MR) is 85.6 cm³/mol. The van der Waals surface area contributed by atoms with Crippen LogP contribution in [0.2, 0.25) is 0 Å². The fourth-order valence-corrected chi connectivity index (χ4v) is 2.71. The quantitative estimate of drug-likeness (QED) is 0.840. The van der Waals surface area contributed by atoms with Gasteiger partial charge in [-0.25, -0.2) is 0 Å². The average Bonchev–Trinajstić information content (AvgIpc) is 2.41. The maximum absolute atomic E-state index is 6.36. The molecule has 0 aliphatic carbocycles. The molecule has 1 unspecified atom stereocenters. The maximum Gasteiger partial charge on any atom is 0.124 e. The van der Waals surface area contributed by atoms with E-state index in [1.165, 1.54) is 5.56 Å². The highest BCUT2D eigenvalue weighted by Gasteiger charge is 2.15. The Balaban J connectivity index is 2.45. The summed E-state index contributed by atoms with van der Waals surface area (Å²) in [4.78, 5) is 0. The second kappa shape index (κ2) is 6.07. The number of rotatable bonds is 3. The van der Waals surface area contributed by atoms with Gasteiger partial charge in [-0.15, -0.1) is 0 Å². The number of benzene rings is 2. The van der Waals surface area contributed by atoms with Crippen molar-refractivity contribution in [3.05, 3.63) is 62.0 Å². The number of halogens is 2. The maximum atomic E-state index is 6.36. The van der Waals surface area contributed by atoms with Crippen LogP contribution in [0, 0.1) is 6.92 Å². The molecule has 19 heavy (non-hydrogen) atoms. The Bertz CT molecular complexity index is 599. The van der Waals surface area contributed by atoms with E-state index in [-0.39, 0.29) is 6.04 Å². The molecule has 2 nitrogen and oxygen atoms in total. The summed E-state index contributed by atoms with van der Waals surface area (Å²) in [6, 6.07) is 11.8. The van der Waals surface area contributed by atoms with Gasteiger partial charge in [0.1, 0.15) is 5.75 Å². The van der Waals surface area contributed by atoms with Crippen molar-refractivity contribution in [2.45, 2.75) is 13.0 Å². The first-order valence-corrected chi connectivity index (χ1v) is 7.46. The van der Waals surface area contributed by atoms with Crippen molar-refractivity contribution < 1.29 is 4.74 Å². The predicted octanol–water partition coefficient (Wildman–Crippen LogP) is 4.58. The zero-order chi connectivity index (χ0) is 14.0. The second-order valence-electron chi connectivity index (χ2n) is 4.37. The van der Waals surface area contributed by atoms with E-state index in [4.69, 9.17) is 10.5 Å². The lowest BCUT2D eigenvalue weighted by Gasteiger charge is -2.17. The second-order valence-corrected chi connectivity index (χ2v) is 6.14. The molecule has 0 fully saturated rings. The van der Waals surface area contributed by atoms with E-state index in [1.807, 2.05) is 24.3 Å². The Kier molecular flexibility index (Phi) is 4.66. The molecule has 0 heterocycles. The van der Waals surface area contributed by atoms with E-state index in [1.54, 1.807) is 7.11 Å². The minimum absolute atomic E-state index is 0.218. The Labute approximate surface area is 130 Å². The minimum atomic E-state index is -0.218. The van der Waals surface area contributed by atoms with Crippen LogP contribution >= 0.6 is 31.9 Å². The van der Waals surface area contributed by atoms with Crippen LogP contribution in [0.3, 0.4) is 0 Å². The van der Waals surface area contributed by atoms with Gasteiger partial charge in [-0.1, -0.05) is 44.0 Å². The summed E-state index contributed by atoms with van der Waals surface area (Å²) in [5.74, 6) is 0.799. The minimum Gasteiger partial charge on any atom is -0.496 e. The van der Waals surface area contributed by atoms with E-state index in [2.05, 4.69) is 50.9 Å². The molecule has 0 amide bonds. The first kappa shape index (κ1) is 14.6. The summed E-state index contributed by atoms with van der Waals surface area (Å²) in [6.07, 6.45) is 0. The summed E-state index contributed by atoms with van der Waals surface area (Å²) in [5.41, 5.74) is 9.57. The monoisotopic (exact) mass is 383 g/mol. The molecule has 2 rings (SSSR count). The smallest absolute Gasteiger partial charge is 0.124 e. The largest absolute Gasteiger partial charge is 0.496 e. The molecule has 2 aromatic carbocycles. The number of ether oxygens (including phenoxy) is 1. The van der Waals surface area contributed by atoms with Crippen LogP contribution in [0.25, 0.3) is 0 Å². The highest BCUT2D eigenvalue weighted by molar-refractivity contribution is 9.10. The summed E-state index contributed by atoms with van der Waals surface area (Å²) < 4.78 is 7.44. The fraction of sp³-hybridized carbons (Fsp3) is 0.200. The molecular formula is C15H15Br2NO. The topological polar surface area (TPSA) is 35.2 Å². The Morgan fingerprint density at radius 1 is 1.11 bits per heavy atom. The molecule has 0 radical (unpaired) electrons. The standard InChI is InChI=1S/C15H15Br2NO/c1-9-3-4-10(7-13(9)17)15(18)12-8-11(16)5-6-14(12)19-2/h3-8,15H,18H2,1-2H3. The molecular weight excluding hydrogens is 370 g/mol. The van der Waals surface area contributed by atoms with E-state index in [0.29, 0.717) is 0 Å². The average molecular weight is 385 g/mol. The molecule has 0 bridgehead atoms. The molecule has 2 N–H and O–H groups in total. The normalized spacial score (nSPS) is 12.3. The number of nitrogens with two attached hydrogens (primary N) is 1. The van der Waals surface area contributed by atoms with Gasteiger partial charge in [0.15, 0.2) is 0 Å². The van der Waals surface area contributed by atoms with E-state index >= 15 is 0 Å². The van der Waals surface area contributed by atoms with Gasteiger partial charge >= 0.3 is 0 Å². The molecule has 2 aromatic rings. The van der Waals surface area contributed by atoms with Gasteiger partial charge in [0.2, 0.25) is 0 Å². The molecule has 0 spiro atoms. The van der Waals surface area contributed by atoms with Gasteiger partial charge < -0.3 is 10.5 Å². The van der Waals surface area contributed by atoms with Crippen LogP contribution in [0.15, 0.2) is 45.3 Å². The van der Waals surface area contributed by atoms with Crippen molar-refractivity contribution >= 4 is 31.9 Å². The first-order chi connectivity index (χ1) is 9.02. The third kappa shape index (κ3) is 3.19. The third-order valence-electron chi connectivity index (χ3n) is 3.08. The van der Waals surface area contributed by atoms with Gasteiger partial charge in [0, 0.05) is 14.5 Å². The van der Waals surface area contributed by atoms with E-state index in [9.17, 15) is 0 Å². The van der Waals surface area contributed by atoms with Crippen LogP contribution in [-0.4, -0.2) is 7.11 Å². The molecule has 100 valence electrons. The zero-order valence-corrected chi connectivity index (χ0v) is 14.0. The number of methoxy groups -OCH3 is 1. The first-order valence-electron chi connectivity index (χ1n) is 5.88. The van der Waals surface area contributed by atoms with Crippen molar-refractivity contribution in [3.63, 3.8) is 0 Å². The van der Waals surface area contributed by atoms with Crippen LogP contribution in [0.5, 0.6) is 5.75 Å². The molecule has 0 aliphatic heterocycles. The summed E-state index contributed by atoms with van der Waals surface area (Å²) in [5, 5.41) is 0. The lowest BCUT2D eigenvalue weighted by atomic mass is 9.98. The van der Waals surface area contributed by atoms with E-state index < -0.39 is 0 Å². The van der Waals surface area contributed by atoms with Crippen LogP contribution in [0.4, 0.5) is 0 Å². The van der Waals surface area contributed by atoms with Crippen molar-refractivity contribution in [2.75, 3.05) is 7.11 Å². The molecule has 0 aliphatic rings. The Morgan fingerprint density at radius 3 is 2.47 bits per heavy atom. The SMILES string of the molecule is COc1ccc(Br)cc1C(N)c1ccc(C)c(Br)c1. The number of aryl methyl sites for hydroxylation is 1. The van der Waals surface area contributed by atoms with Crippen molar-refractivity contribution in [1.82, 2.24) is 0 Å². The molecule has 0 saturated heterocycles. The summed E-state index contributed by atoms with van der Waals surface area (Å²) in [7, 11) is 1.66. The van der Waals surface area contributed by atoms with Gasteiger partial charge in [0.05, 0.1) is 13.2 Å². The highest BCUT2D eigenvalue weighted by Crippen LogP contribution is 2.32. The van der Waals surface area contributed by atoms with Crippen LogP contribution in [-0.2, 0) is 0 Å². The van der Waals surface area contributed by atoms with Crippen molar-refractivity contribution in [1.29, 1.82) is 0 Å². The van der Waals surface area contributed by atoms with Gasteiger partial charge in [-0.3, -0.25) is 0 Å². The lowest BCUT2D eigenvalue weighted by Crippen LogP contribution is -2.13. The lowest BCUT2D eigenvalue weighted by molar-refractivity contribution is 0.407. The van der Waals surface area contributed by atoms with Gasteiger partial charge in [0.25, 0.3) is 0 Å². The van der Waals surface area contributed by atoms with Crippen molar-refractivity contribution in [2.24, 2.45) is 5.73 Å². The summed E-state index contributed by atoms with van der Waals surface area (Å²) >= 11 is 7.01. The van der Waals surface area contributed by atoms with Crippen molar-refractivity contribution in [3.8, 4) is 5.75 Å². The number of hydrogen-bond donors (Lipinski definition) is 1. The summed E-state index contributed by atoms with van der Waals surface area (Å²) in [6.45, 7) is 2.05. The van der Waals surface area contributed by atoms with Gasteiger partial charge in [-0.2, -0.15) is 0 Å². The Hall–Kier alpha value is -0.840. The Morgan fingerprint density at radius 2 is 1.84 bits per heavy atom. The molecule has 0 aromatic heterocycles. The molecule has 4 heteroatoms.